The fourth-order valence-electron chi connectivity index (χ4n) is 2.26. The average molecular weight is 307 g/mol. The summed E-state index contributed by atoms with van der Waals surface area (Å²) in [5.74, 6) is 0.503. The number of rotatable bonds is 4. The summed E-state index contributed by atoms with van der Waals surface area (Å²) in [7, 11) is 0. The summed E-state index contributed by atoms with van der Waals surface area (Å²) in [4.78, 5) is 7.42. The minimum absolute atomic E-state index is 0.503. The molecule has 1 N–H and O–H groups in total. The van der Waals surface area contributed by atoms with Crippen LogP contribution in [0, 0.1) is 0 Å². The highest BCUT2D eigenvalue weighted by atomic mass is 32.2. The summed E-state index contributed by atoms with van der Waals surface area (Å²) in [5.41, 5.74) is 1.16. The van der Waals surface area contributed by atoms with Gasteiger partial charge in [0.1, 0.15) is 5.01 Å². The first kappa shape index (κ1) is 13.9. The lowest BCUT2D eigenvalue weighted by atomic mass is 10.2. The van der Waals surface area contributed by atoms with Gasteiger partial charge in [-0.1, -0.05) is 6.07 Å². The molecule has 0 bridgehead atoms. The van der Waals surface area contributed by atoms with Gasteiger partial charge in [0, 0.05) is 49.5 Å². The molecule has 20 heavy (non-hydrogen) atoms. The van der Waals surface area contributed by atoms with E-state index in [-0.39, 0.29) is 0 Å². The van der Waals surface area contributed by atoms with E-state index in [1.807, 2.05) is 17.5 Å². The summed E-state index contributed by atoms with van der Waals surface area (Å²) in [5, 5.41) is 6.19. The molecule has 1 aromatic carbocycles. The van der Waals surface area contributed by atoms with Crippen LogP contribution in [0.3, 0.4) is 0 Å². The van der Waals surface area contributed by atoms with E-state index in [0.29, 0.717) is 5.75 Å². The van der Waals surface area contributed by atoms with E-state index in [4.69, 9.17) is 0 Å². The normalized spacial score (nSPS) is 17.1. The first-order valence-electron chi connectivity index (χ1n) is 6.65. The van der Waals surface area contributed by atoms with E-state index in [2.05, 4.69) is 27.3 Å². The number of thiazole rings is 1. The van der Waals surface area contributed by atoms with Gasteiger partial charge in [0.25, 0.3) is 0 Å². The maximum Gasteiger partial charge on any atom is 0.162 e. The second-order valence-electron chi connectivity index (χ2n) is 4.65. The Morgan fingerprint density at radius 3 is 2.95 bits per heavy atom. The molecule has 0 amide bonds. The van der Waals surface area contributed by atoms with Crippen LogP contribution >= 0.6 is 11.3 Å². The van der Waals surface area contributed by atoms with Crippen molar-refractivity contribution < 1.29 is 4.55 Å². The lowest BCUT2D eigenvalue weighted by Crippen LogP contribution is -2.43. The Kier molecular flexibility index (Phi) is 4.57. The zero-order valence-electron chi connectivity index (χ0n) is 11.1. The standard InChI is InChI=1S/C14H17N3OS2/c18-20(11-14-16-6-9-19-14)13-3-1-2-12(10-13)17-7-4-15-5-8-17/h1-3,6,9-10,15H,4-5,7-8,11H2. The van der Waals surface area contributed by atoms with Crippen molar-refractivity contribution in [3.63, 3.8) is 0 Å². The highest BCUT2D eigenvalue weighted by Gasteiger charge is 2.16. The molecule has 6 heteroatoms. The van der Waals surface area contributed by atoms with Crippen LogP contribution in [0.2, 0.25) is 0 Å². The maximum atomic E-state index is 12.4. The Morgan fingerprint density at radius 2 is 2.20 bits per heavy atom. The Bertz CT molecular complexity index is 541. The molecule has 0 aliphatic carbocycles. The summed E-state index contributed by atoms with van der Waals surface area (Å²) >= 11 is 0.533. The Hall–Kier alpha value is -1.08. The van der Waals surface area contributed by atoms with E-state index in [0.717, 1.165) is 41.8 Å². The van der Waals surface area contributed by atoms with Crippen molar-refractivity contribution >= 4 is 28.2 Å². The lowest BCUT2D eigenvalue weighted by molar-refractivity contribution is 0.587. The van der Waals surface area contributed by atoms with Gasteiger partial charge in [0.15, 0.2) is 10.6 Å². The van der Waals surface area contributed by atoms with Crippen LogP contribution in [0.5, 0.6) is 0 Å². The molecule has 1 aliphatic rings. The summed E-state index contributed by atoms with van der Waals surface area (Å²) in [6.07, 6.45) is 1.76. The molecule has 4 nitrogen and oxygen atoms in total. The second-order valence-corrected chi connectivity index (χ2v) is 7.08. The topological polar surface area (TPSA) is 51.2 Å². The summed E-state index contributed by atoms with van der Waals surface area (Å²) in [6, 6.07) is 8.08. The minimum Gasteiger partial charge on any atom is -0.611 e. The molecule has 0 saturated carbocycles. The molecule has 0 spiro atoms. The van der Waals surface area contributed by atoms with Crippen LogP contribution < -0.4 is 10.2 Å². The molecule has 1 fully saturated rings. The number of hydrogen-bond acceptors (Lipinski definition) is 5. The van der Waals surface area contributed by atoms with Crippen molar-refractivity contribution in [2.45, 2.75) is 10.6 Å². The van der Waals surface area contributed by atoms with Gasteiger partial charge in [-0.3, -0.25) is 0 Å². The van der Waals surface area contributed by atoms with E-state index in [1.54, 1.807) is 17.5 Å². The highest BCUT2D eigenvalue weighted by Crippen LogP contribution is 2.23. The van der Waals surface area contributed by atoms with Crippen molar-refractivity contribution in [1.29, 1.82) is 0 Å². The molecule has 1 aliphatic heterocycles. The van der Waals surface area contributed by atoms with Crippen molar-refractivity contribution in [1.82, 2.24) is 10.3 Å². The fraction of sp³-hybridized carbons (Fsp3) is 0.357. The number of hydrogen-bond donors (Lipinski definition) is 1. The third kappa shape index (κ3) is 3.32. The zero-order valence-corrected chi connectivity index (χ0v) is 12.8. The van der Waals surface area contributed by atoms with E-state index < -0.39 is 11.2 Å². The number of nitrogens with zero attached hydrogens (tertiary/aromatic N) is 2. The molecule has 3 rings (SSSR count). The molecular weight excluding hydrogens is 290 g/mol. The molecule has 1 aromatic heterocycles. The molecule has 0 radical (unpaired) electrons. The number of benzene rings is 1. The van der Waals surface area contributed by atoms with Crippen molar-refractivity contribution in [3.8, 4) is 0 Å². The average Bonchev–Trinajstić information content (AvgIpc) is 3.01. The predicted octanol–water partition coefficient (Wildman–Crippen LogP) is 1.86. The molecule has 106 valence electrons. The zero-order chi connectivity index (χ0) is 13.8. The van der Waals surface area contributed by atoms with Gasteiger partial charge in [0.2, 0.25) is 0 Å². The maximum absolute atomic E-state index is 12.4. The smallest absolute Gasteiger partial charge is 0.162 e. The quantitative estimate of drug-likeness (QED) is 0.876. The molecule has 1 saturated heterocycles. The largest absolute Gasteiger partial charge is 0.611 e. The van der Waals surface area contributed by atoms with Gasteiger partial charge < -0.3 is 14.8 Å². The van der Waals surface area contributed by atoms with Crippen LogP contribution in [0.15, 0.2) is 40.7 Å². The first-order valence-corrected chi connectivity index (χ1v) is 8.85. The van der Waals surface area contributed by atoms with Gasteiger partial charge in [-0.2, -0.15) is 0 Å². The number of nitrogens with one attached hydrogen (secondary N) is 1. The van der Waals surface area contributed by atoms with Crippen LogP contribution in [-0.4, -0.2) is 35.7 Å². The van der Waals surface area contributed by atoms with Crippen LogP contribution in [0.1, 0.15) is 5.01 Å². The Balaban J connectivity index is 1.72. The van der Waals surface area contributed by atoms with Crippen LogP contribution in [0.4, 0.5) is 5.69 Å². The minimum atomic E-state index is -1.02. The number of piperazine rings is 1. The van der Waals surface area contributed by atoms with Gasteiger partial charge >= 0.3 is 0 Å². The molecule has 1 unspecified atom stereocenters. The lowest BCUT2D eigenvalue weighted by Gasteiger charge is -2.29. The van der Waals surface area contributed by atoms with Crippen molar-refractivity contribution in [3.05, 3.63) is 40.8 Å². The third-order valence-electron chi connectivity index (χ3n) is 3.30. The van der Waals surface area contributed by atoms with Crippen LogP contribution in [0.25, 0.3) is 0 Å². The van der Waals surface area contributed by atoms with Gasteiger partial charge in [-0.05, 0) is 23.3 Å². The highest BCUT2D eigenvalue weighted by molar-refractivity contribution is 7.90. The van der Waals surface area contributed by atoms with Gasteiger partial charge in [-0.25, -0.2) is 4.98 Å². The number of aromatic nitrogens is 1. The van der Waals surface area contributed by atoms with Crippen molar-refractivity contribution in [2.75, 3.05) is 31.1 Å². The molecule has 1 atom stereocenters. The molecule has 2 aromatic rings. The molecule has 2 heterocycles. The summed E-state index contributed by atoms with van der Waals surface area (Å²) in [6.45, 7) is 4.02. The second kappa shape index (κ2) is 6.58. The Morgan fingerprint density at radius 1 is 1.35 bits per heavy atom. The monoisotopic (exact) mass is 307 g/mol. The fourth-order valence-corrected chi connectivity index (χ4v) is 4.21. The van der Waals surface area contributed by atoms with E-state index >= 15 is 0 Å². The third-order valence-corrected chi connectivity index (χ3v) is 5.58. The number of anilines is 1. The van der Waals surface area contributed by atoms with Crippen molar-refractivity contribution in [2.24, 2.45) is 0 Å². The van der Waals surface area contributed by atoms with Gasteiger partial charge in [0.05, 0.1) is 0 Å². The van der Waals surface area contributed by atoms with Gasteiger partial charge in [-0.15, -0.1) is 11.3 Å². The van der Waals surface area contributed by atoms with Crippen LogP contribution in [-0.2, 0) is 16.9 Å². The predicted molar refractivity (Wildman–Crippen MR) is 83.8 cm³/mol. The SMILES string of the molecule is [O-][S+](Cc1nccs1)c1cccc(N2CCNCC2)c1. The summed E-state index contributed by atoms with van der Waals surface area (Å²) < 4.78 is 12.4. The van der Waals surface area contributed by atoms with E-state index in [9.17, 15) is 4.55 Å². The molecular formula is C14H17N3OS2. The first-order chi connectivity index (χ1) is 9.83. The van der Waals surface area contributed by atoms with E-state index in [1.165, 1.54) is 0 Å². The Labute approximate surface area is 126 Å².